The number of fused-ring (bicyclic) bond motifs is 1. The highest BCUT2D eigenvalue weighted by Gasteiger charge is 2.31. The highest BCUT2D eigenvalue weighted by Crippen LogP contribution is 2.33. The lowest BCUT2D eigenvalue weighted by atomic mass is 9.93. The maximum Gasteiger partial charge on any atom is 0.430 e. The normalized spacial score (nSPS) is 23.8. The molecule has 2 heterocycles. The van der Waals surface area contributed by atoms with E-state index in [1.807, 2.05) is 6.07 Å². The van der Waals surface area contributed by atoms with E-state index < -0.39 is 12.1 Å². The molecular weight excluding hydrogens is 301 g/mol. The molecule has 0 aliphatic carbocycles. The van der Waals surface area contributed by atoms with Gasteiger partial charge in [0.15, 0.2) is 0 Å². The number of aliphatic carboxylic acids is 1. The van der Waals surface area contributed by atoms with Crippen molar-refractivity contribution in [3.8, 4) is 5.75 Å². The standard InChI is InChI=1S/C13H16O2.C2HF3O2/c1-2-6-12-10(4-1)8-13(15-12)11-5-3-7-14-9-11;3-2(4,5)1(6)7/h1-2,4,6,11,13H,3,5,7-9H2;(H,6,7)/p-1. The summed E-state index contributed by atoms with van der Waals surface area (Å²) in [7, 11) is 0. The third-order valence-corrected chi connectivity index (χ3v) is 3.62. The number of halogens is 3. The lowest BCUT2D eigenvalue weighted by molar-refractivity contribution is -0.344. The molecule has 1 fully saturated rings. The zero-order valence-corrected chi connectivity index (χ0v) is 11.8. The molecule has 122 valence electrons. The first-order valence-electron chi connectivity index (χ1n) is 6.98. The average molecular weight is 317 g/mol. The summed E-state index contributed by atoms with van der Waals surface area (Å²) >= 11 is 0. The molecule has 0 bridgehead atoms. The number of benzene rings is 1. The largest absolute Gasteiger partial charge is 0.542 e. The summed E-state index contributed by atoms with van der Waals surface area (Å²) in [5.41, 5.74) is 1.35. The highest BCUT2D eigenvalue weighted by atomic mass is 19.4. The van der Waals surface area contributed by atoms with E-state index >= 15 is 0 Å². The molecule has 2 unspecified atom stereocenters. The van der Waals surface area contributed by atoms with Crippen LogP contribution in [0.5, 0.6) is 5.75 Å². The first-order chi connectivity index (χ1) is 10.4. The molecule has 0 aromatic heterocycles. The molecule has 3 rings (SSSR count). The summed E-state index contributed by atoms with van der Waals surface area (Å²) in [6.45, 7) is 1.80. The molecule has 1 aromatic carbocycles. The second-order valence-corrected chi connectivity index (χ2v) is 5.23. The number of hydrogen-bond donors (Lipinski definition) is 0. The Bertz CT molecular complexity index is 485. The number of rotatable bonds is 1. The monoisotopic (exact) mass is 317 g/mol. The number of alkyl halides is 3. The molecule has 0 spiro atoms. The van der Waals surface area contributed by atoms with Crippen LogP contribution in [0, 0.1) is 5.92 Å². The lowest BCUT2D eigenvalue weighted by Gasteiger charge is -2.26. The molecular formula is C15H16F3O4-. The third kappa shape index (κ3) is 4.37. The van der Waals surface area contributed by atoms with Gasteiger partial charge < -0.3 is 19.4 Å². The van der Waals surface area contributed by atoms with Crippen molar-refractivity contribution in [3.05, 3.63) is 29.8 Å². The zero-order chi connectivity index (χ0) is 16.2. The van der Waals surface area contributed by atoms with Crippen LogP contribution in [0.2, 0.25) is 0 Å². The Morgan fingerprint density at radius 2 is 1.95 bits per heavy atom. The summed E-state index contributed by atoms with van der Waals surface area (Å²) in [6, 6.07) is 8.36. The van der Waals surface area contributed by atoms with Gasteiger partial charge in [0.05, 0.1) is 6.61 Å². The first kappa shape index (κ1) is 16.6. The SMILES string of the molecule is O=C([O-])C(F)(F)F.c1ccc2c(c1)CC(C1CCCOC1)O2. The molecule has 4 nitrogen and oxygen atoms in total. The number of hydrogen-bond acceptors (Lipinski definition) is 4. The van der Waals surface area contributed by atoms with Crippen molar-refractivity contribution in [1.82, 2.24) is 0 Å². The third-order valence-electron chi connectivity index (χ3n) is 3.62. The van der Waals surface area contributed by atoms with Gasteiger partial charge >= 0.3 is 6.18 Å². The van der Waals surface area contributed by atoms with E-state index in [0.717, 1.165) is 25.4 Å². The van der Waals surface area contributed by atoms with Crippen molar-refractivity contribution < 1.29 is 32.5 Å². The van der Waals surface area contributed by atoms with Crippen LogP contribution in [-0.2, 0) is 16.0 Å². The fourth-order valence-corrected chi connectivity index (χ4v) is 2.53. The van der Waals surface area contributed by atoms with Gasteiger partial charge in [0.25, 0.3) is 0 Å². The molecule has 1 aromatic rings. The van der Waals surface area contributed by atoms with Crippen LogP contribution in [0.1, 0.15) is 18.4 Å². The Kier molecular flexibility index (Phi) is 5.28. The second-order valence-electron chi connectivity index (χ2n) is 5.23. The van der Waals surface area contributed by atoms with Crippen molar-refractivity contribution >= 4 is 5.97 Å². The van der Waals surface area contributed by atoms with Gasteiger partial charge in [-0.05, 0) is 24.5 Å². The quantitative estimate of drug-likeness (QED) is 0.791. The van der Waals surface area contributed by atoms with Crippen molar-refractivity contribution in [3.63, 3.8) is 0 Å². The van der Waals surface area contributed by atoms with Crippen LogP contribution in [0.3, 0.4) is 0 Å². The van der Waals surface area contributed by atoms with Crippen molar-refractivity contribution in [2.45, 2.75) is 31.5 Å². The fraction of sp³-hybridized carbons (Fsp3) is 0.533. The number of ether oxygens (including phenoxy) is 2. The minimum atomic E-state index is -5.19. The first-order valence-corrected chi connectivity index (χ1v) is 6.98. The Balaban J connectivity index is 0.000000217. The highest BCUT2D eigenvalue weighted by molar-refractivity contribution is 5.70. The minimum absolute atomic E-state index is 0.350. The topological polar surface area (TPSA) is 58.6 Å². The smallest absolute Gasteiger partial charge is 0.430 e. The van der Waals surface area contributed by atoms with Gasteiger partial charge in [-0.1, -0.05) is 18.2 Å². The van der Waals surface area contributed by atoms with E-state index in [0.29, 0.717) is 12.0 Å². The number of carbonyl (C=O) groups is 1. The van der Waals surface area contributed by atoms with Gasteiger partial charge in [-0.15, -0.1) is 0 Å². The second kappa shape index (κ2) is 7.00. The lowest BCUT2D eigenvalue weighted by Crippen LogP contribution is -2.37. The van der Waals surface area contributed by atoms with E-state index in [2.05, 4.69) is 18.2 Å². The molecule has 0 radical (unpaired) electrons. The number of para-hydroxylation sites is 1. The van der Waals surface area contributed by atoms with Crippen molar-refractivity contribution in [2.24, 2.45) is 5.92 Å². The van der Waals surface area contributed by atoms with Crippen LogP contribution in [0.4, 0.5) is 13.2 Å². The van der Waals surface area contributed by atoms with Gasteiger partial charge in [0, 0.05) is 18.9 Å². The molecule has 0 amide bonds. The molecule has 0 saturated carbocycles. The number of carboxylic acid groups (broad SMARTS) is 1. The van der Waals surface area contributed by atoms with Crippen molar-refractivity contribution in [2.75, 3.05) is 13.2 Å². The Hall–Kier alpha value is -1.76. The van der Waals surface area contributed by atoms with Crippen LogP contribution >= 0.6 is 0 Å². The van der Waals surface area contributed by atoms with Crippen molar-refractivity contribution in [1.29, 1.82) is 0 Å². The van der Waals surface area contributed by atoms with Crippen LogP contribution in [0.25, 0.3) is 0 Å². The Morgan fingerprint density at radius 1 is 1.27 bits per heavy atom. The maximum absolute atomic E-state index is 10.5. The van der Waals surface area contributed by atoms with E-state index in [1.54, 1.807) is 0 Å². The summed E-state index contributed by atoms with van der Waals surface area (Å²) < 4.78 is 43.0. The summed E-state index contributed by atoms with van der Waals surface area (Å²) in [5.74, 6) is -1.34. The molecule has 7 heteroatoms. The molecule has 2 atom stereocenters. The molecule has 22 heavy (non-hydrogen) atoms. The van der Waals surface area contributed by atoms with Gasteiger partial charge in [0.2, 0.25) is 0 Å². The minimum Gasteiger partial charge on any atom is -0.542 e. The molecule has 2 aliphatic heterocycles. The molecule has 2 aliphatic rings. The number of carboxylic acids is 1. The maximum atomic E-state index is 10.5. The van der Waals surface area contributed by atoms with Gasteiger partial charge in [0.1, 0.15) is 17.8 Å². The fourth-order valence-electron chi connectivity index (χ4n) is 2.53. The van der Waals surface area contributed by atoms with E-state index in [4.69, 9.17) is 19.4 Å². The summed E-state index contributed by atoms with van der Waals surface area (Å²) in [5, 5.41) is 8.78. The van der Waals surface area contributed by atoms with E-state index in [9.17, 15) is 13.2 Å². The Morgan fingerprint density at radius 3 is 2.50 bits per heavy atom. The Labute approximate surface area is 125 Å². The van der Waals surface area contributed by atoms with Crippen LogP contribution in [-0.4, -0.2) is 31.5 Å². The number of carbonyl (C=O) groups excluding carboxylic acids is 1. The van der Waals surface area contributed by atoms with Crippen LogP contribution in [0.15, 0.2) is 24.3 Å². The summed E-state index contributed by atoms with van der Waals surface area (Å²) in [6.07, 6.45) is -1.35. The van der Waals surface area contributed by atoms with Gasteiger partial charge in [-0.2, -0.15) is 13.2 Å². The summed E-state index contributed by atoms with van der Waals surface area (Å²) in [4.78, 5) is 8.78. The predicted molar refractivity (Wildman–Crippen MR) is 69.2 cm³/mol. The predicted octanol–water partition coefficient (Wildman–Crippen LogP) is 1.72. The average Bonchev–Trinajstić information content (AvgIpc) is 2.92. The van der Waals surface area contributed by atoms with E-state index in [-0.39, 0.29) is 0 Å². The molecule has 0 N–H and O–H groups in total. The van der Waals surface area contributed by atoms with Crippen LogP contribution < -0.4 is 9.84 Å². The van der Waals surface area contributed by atoms with Gasteiger partial charge in [-0.25, -0.2) is 0 Å². The zero-order valence-electron chi connectivity index (χ0n) is 11.8. The van der Waals surface area contributed by atoms with Gasteiger partial charge in [-0.3, -0.25) is 0 Å². The van der Waals surface area contributed by atoms with E-state index in [1.165, 1.54) is 18.4 Å². The molecule has 1 saturated heterocycles.